The summed E-state index contributed by atoms with van der Waals surface area (Å²) in [5, 5.41) is 8.69. The van der Waals surface area contributed by atoms with Crippen LogP contribution in [-0.4, -0.2) is 23.5 Å². The predicted molar refractivity (Wildman–Crippen MR) is 113 cm³/mol. The lowest BCUT2D eigenvalue weighted by atomic mass is 10.0. The number of benzene rings is 2. The molecule has 0 radical (unpaired) electrons. The van der Waals surface area contributed by atoms with Crippen LogP contribution in [0.25, 0.3) is 32.2 Å². The third-order valence-corrected chi connectivity index (χ3v) is 6.27. The van der Waals surface area contributed by atoms with Crippen LogP contribution in [0.1, 0.15) is 22.2 Å². The lowest BCUT2D eigenvalue weighted by Gasteiger charge is -2.10. The number of nitrogens with one attached hydrogen (secondary N) is 2. The molecule has 0 fully saturated rings. The number of aryl methyl sites for hydroxylation is 1. The first-order valence-electron chi connectivity index (χ1n) is 9.09. The van der Waals surface area contributed by atoms with E-state index in [0.717, 1.165) is 49.4 Å². The van der Waals surface area contributed by atoms with Gasteiger partial charge in [0.2, 0.25) is 0 Å². The zero-order chi connectivity index (χ0) is 18.5. The maximum atomic E-state index is 12.5. The van der Waals surface area contributed by atoms with Crippen LogP contribution in [0.3, 0.4) is 0 Å². The van der Waals surface area contributed by atoms with Crippen LogP contribution < -0.4 is 10.6 Å². The van der Waals surface area contributed by atoms with Crippen LogP contribution in [0, 0.1) is 6.92 Å². The van der Waals surface area contributed by atoms with E-state index in [1.165, 1.54) is 16.9 Å². The molecule has 5 heteroatoms. The molecule has 1 amide bonds. The van der Waals surface area contributed by atoms with E-state index in [-0.39, 0.29) is 11.9 Å². The minimum absolute atomic E-state index is 0.00124. The quantitative estimate of drug-likeness (QED) is 0.495. The second kappa shape index (κ2) is 6.06. The molecule has 134 valence electrons. The second-order valence-electron chi connectivity index (χ2n) is 7.08. The first-order valence-corrected chi connectivity index (χ1v) is 9.90. The summed E-state index contributed by atoms with van der Waals surface area (Å²) in [6, 6.07) is 16.7. The summed E-state index contributed by atoms with van der Waals surface area (Å²) in [6.07, 6.45) is 0. The monoisotopic (exact) mass is 373 g/mol. The zero-order valence-electron chi connectivity index (χ0n) is 15.2. The molecule has 27 heavy (non-hydrogen) atoms. The summed E-state index contributed by atoms with van der Waals surface area (Å²) in [5.41, 5.74) is 5.22. The van der Waals surface area contributed by atoms with Crippen molar-refractivity contribution >= 4 is 43.9 Å². The number of hydrogen-bond acceptors (Lipinski definition) is 4. The number of hydrogen-bond donors (Lipinski definition) is 2. The molecule has 4 aromatic rings. The van der Waals surface area contributed by atoms with Crippen molar-refractivity contribution in [2.24, 2.45) is 0 Å². The van der Waals surface area contributed by atoms with E-state index in [9.17, 15) is 4.79 Å². The Balaban J connectivity index is 1.74. The number of anilines is 1. The number of rotatable bonds is 1. The topological polar surface area (TPSA) is 54.0 Å². The van der Waals surface area contributed by atoms with Gasteiger partial charge in [0.15, 0.2) is 0 Å². The van der Waals surface area contributed by atoms with Crippen LogP contribution in [0.4, 0.5) is 5.69 Å². The summed E-state index contributed by atoms with van der Waals surface area (Å²) in [7, 11) is 0. The number of fused-ring (bicyclic) bond motifs is 5. The van der Waals surface area contributed by atoms with Crippen molar-refractivity contribution in [3.05, 3.63) is 59.0 Å². The smallest absolute Gasteiger partial charge is 0.263 e. The third kappa shape index (κ3) is 2.58. The normalized spacial score (nSPS) is 16.7. The predicted octanol–water partition coefficient (Wildman–Crippen LogP) is 4.97. The van der Waals surface area contributed by atoms with Crippen molar-refractivity contribution in [1.82, 2.24) is 10.3 Å². The molecule has 0 saturated carbocycles. The molecule has 1 atom stereocenters. The number of thiophene rings is 1. The molecule has 0 aliphatic carbocycles. The van der Waals surface area contributed by atoms with E-state index in [4.69, 9.17) is 4.98 Å². The first-order chi connectivity index (χ1) is 13.1. The Morgan fingerprint density at radius 1 is 1.11 bits per heavy atom. The number of amides is 1. The van der Waals surface area contributed by atoms with E-state index >= 15 is 0 Å². The van der Waals surface area contributed by atoms with E-state index in [0.29, 0.717) is 0 Å². The van der Waals surface area contributed by atoms with Crippen molar-refractivity contribution in [2.75, 3.05) is 11.9 Å². The number of carbonyl (C=O) groups excluding carboxylic acids is 1. The maximum Gasteiger partial charge on any atom is 0.263 e. The second-order valence-corrected chi connectivity index (χ2v) is 8.13. The Hall–Kier alpha value is -2.92. The van der Waals surface area contributed by atoms with E-state index in [1.807, 2.05) is 19.1 Å². The number of pyridine rings is 1. The molecule has 1 aliphatic rings. The number of nitrogens with zero attached hydrogens (tertiary/aromatic N) is 1. The highest BCUT2D eigenvalue weighted by Crippen LogP contribution is 2.41. The molecule has 5 rings (SSSR count). The van der Waals surface area contributed by atoms with Gasteiger partial charge in [-0.3, -0.25) is 4.79 Å². The molecular weight excluding hydrogens is 354 g/mol. The molecule has 0 bridgehead atoms. The van der Waals surface area contributed by atoms with Gasteiger partial charge >= 0.3 is 0 Å². The van der Waals surface area contributed by atoms with Crippen LogP contribution in [0.5, 0.6) is 0 Å². The summed E-state index contributed by atoms with van der Waals surface area (Å²) in [5.74, 6) is 0.00124. The summed E-state index contributed by atoms with van der Waals surface area (Å²) >= 11 is 1.54. The molecule has 2 N–H and O–H groups in total. The Kier molecular flexibility index (Phi) is 3.65. The van der Waals surface area contributed by atoms with Gasteiger partial charge in [0, 0.05) is 33.6 Å². The summed E-state index contributed by atoms with van der Waals surface area (Å²) in [4.78, 5) is 18.2. The van der Waals surface area contributed by atoms with Gasteiger partial charge in [-0.1, -0.05) is 24.3 Å². The van der Waals surface area contributed by atoms with Gasteiger partial charge in [-0.15, -0.1) is 11.3 Å². The molecule has 3 heterocycles. The van der Waals surface area contributed by atoms with Crippen molar-refractivity contribution in [1.29, 1.82) is 0 Å². The summed E-state index contributed by atoms with van der Waals surface area (Å²) in [6.45, 7) is 4.83. The molecule has 1 aliphatic heterocycles. The minimum atomic E-state index is 0.00124. The lowest BCUT2D eigenvalue weighted by molar-refractivity contribution is 0.0949. The fourth-order valence-corrected chi connectivity index (χ4v) is 4.83. The van der Waals surface area contributed by atoms with Gasteiger partial charge in [0.1, 0.15) is 4.88 Å². The summed E-state index contributed by atoms with van der Waals surface area (Å²) < 4.78 is 1.11. The Bertz CT molecular complexity index is 1210. The molecular formula is C22H19N3OS. The Labute approximate surface area is 161 Å². The van der Waals surface area contributed by atoms with E-state index in [2.05, 4.69) is 54.0 Å². The third-order valence-electron chi connectivity index (χ3n) is 5.11. The largest absolute Gasteiger partial charge is 0.381 e. The fourth-order valence-electron chi connectivity index (χ4n) is 3.74. The zero-order valence-corrected chi connectivity index (χ0v) is 16.0. The van der Waals surface area contributed by atoms with Gasteiger partial charge in [-0.25, -0.2) is 4.98 Å². The first kappa shape index (κ1) is 16.3. The van der Waals surface area contributed by atoms with Gasteiger partial charge in [-0.2, -0.15) is 0 Å². The van der Waals surface area contributed by atoms with E-state index in [1.54, 1.807) is 0 Å². The highest BCUT2D eigenvalue weighted by atomic mass is 32.1. The number of aromatic nitrogens is 1. The SMILES string of the molecule is Cc1ccccc1-c1ccc2c(ccc3sc4c(c32)NC[C@@H](C)NC4=O)n1. The van der Waals surface area contributed by atoms with Crippen molar-refractivity contribution in [2.45, 2.75) is 19.9 Å². The van der Waals surface area contributed by atoms with Gasteiger partial charge in [0.25, 0.3) is 5.91 Å². The van der Waals surface area contributed by atoms with Gasteiger partial charge in [0.05, 0.1) is 16.9 Å². The Morgan fingerprint density at radius 3 is 2.81 bits per heavy atom. The van der Waals surface area contributed by atoms with Crippen LogP contribution in [-0.2, 0) is 0 Å². The van der Waals surface area contributed by atoms with Crippen LogP contribution in [0.15, 0.2) is 48.5 Å². The average molecular weight is 373 g/mol. The molecule has 2 aromatic heterocycles. The van der Waals surface area contributed by atoms with Crippen LogP contribution >= 0.6 is 11.3 Å². The molecule has 0 unspecified atom stereocenters. The highest BCUT2D eigenvalue weighted by molar-refractivity contribution is 7.21. The average Bonchev–Trinajstić information content (AvgIpc) is 2.99. The van der Waals surface area contributed by atoms with Crippen molar-refractivity contribution < 1.29 is 4.79 Å². The van der Waals surface area contributed by atoms with Crippen LogP contribution in [0.2, 0.25) is 0 Å². The highest BCUT2D eigenvalue weighted by Gasteiger charge is 2.24. The number of carbonyl (C=O) groups is 1. The molecule has 0 saturated heterocycles. The molecule has 2 aromatic carbocycles. The van der Waals surface area contributed by atoms with Crippen molar-refractivity contribution in [3.8, 4) is 11.3 Å². The minimum Gasteiger partial charge on any atom is -0.381 e. The maximum absolute atomic E-state index is 12.5. The molecule has 0 spiro atoms. The lowest BCUT2D eigenvalue weighted by Crippen LogP contribution is -2.34. The van der Waals surface area contributed by atoms with Gasteiger partial charge in [-0.05, 0) is 43.7 Å². The van der Waals surface area contributed by atoms with Crippen molar-refractivity contribution in [3.63, 3.8) is 0 Å². The fraction of sp³-hybridized carbons (Fsp3) is 0.182. The van der Waals surface area contributed by atoms with Gasteiger partial charge < -0.3 is 10.6 Å². The Morgan fingerprint density at radius 2 is 1.96 bits per heavy atom. The van der Waals surface area contributed by atoms with E-state index < -0.39 is 0 Å². The standard InChI is InChI=1S/C22H19N3OS/c1-12-5-3-4-6-14(12)16-8-7-15-17(25-16)9-10-18-19(15)20-21(27-18)22(26)24-13(2)11-23-20/h3-10,13,23H,11H2,1-2H3,(H,24,26)/t13-/m1/s1. The molecule has 4 nitrogen and oxygen atoms in total.